The first-order valence-electron chi connectivity index (χ1n) is 6.92. The highest BCUT2D eigenvalue weighted by atomic mass is 32.2. The van der Waals surface area contributed by atoms with Gasteiger partial charge in [0.15, 0.2) is 0 Å². The van der Waals surface area contributed by atoms with Crippen molar-refractivity contribution in [2.75, 3.05) is 29.9 Å². The van der Waals surface area contributed by atoms with Crippen molar-refractivity contribution >= 4 is 27.4 Å². The van der Waals surface area contributed by atoms with E-state index in [9.17, 15) is 13.2 Å². The number of carbonyl (C=O) groups is 1. The molecule has 1 aromatic rings. The minimum Gasteiger partial charge on any atom is -0.384 e. The molecule has 1 aromatic heterocycles. The zero-order valence-corrected chi connectivity index (χ0v) is 12.8. The molecule has 1 aliphatic rings. The van der Waals surface area contributed by atoms with Gasteiger partial charge in [0.25, 0.3) is 0 Å². The van der Waals surface area contributed by atoms with Gasteiger partial charge in [-0.2, -0.15) is 0 Å². The Morgan fingerprint density at radius 1 is 1.43 bits per heavy atom. The van der Waals surface area contributed by atoms with Gasteiger partial charge < -0.3 is 11.1 Å². The quantitative estimate of drug-likeness (QED) is 0.850. The van der Waals surface area contributed by atoms with E-state index in [-0.39, 0.29) is 17.6 Å². The van der Waals surface area contributed by atoms with Crippen LogP contribution in [0.4, 0.5) is 11.5 Å². The van der Waals surface area contributed by atoms with E-state index in [0.29, 0.717) is 37.4 Å². The lowest BCUT2D eigenvalue weighted by atomic mass is 9.97. The molecule has 0 spiro atoms. The third-order valence-corrected chi connectivity index (χ3v) is 5.52. The summed E-state index contributed by atoms with van der Waals surface area (Å²) in [5, 5.41) is 2.78. The Morgan fingerprint density at radius 2 is 2.10 bits per heavy atom. The van der Waals surface area contributed by atoms with E-state index in [1.54, 1.807) is 19.1 Å². The van der Waals surface area contributed by atoms with Gasteiger partial charge in [-0.15, -0.1) is 0 Å². The fourth-order valence-corrected chi connectivity index (χ4v) is 3.43. The Bertz CT molecular complexity index is 592. The second-order valence-corrected chi connectivity index (χ2v) is 7.29. The Balaban J connectivity index is 1.90. The number of anilines is 2. The summed E-state index contributed by atoms with van der Waals surface area (Å²) >= 11 is 0. The molecule has 0 unspecified atom stereocenters. The number of rotatable bonds is 4. The van der Waals surface area contributed by atoms with Crippen LogP contribution in [0, 0.1) is 5.92 Å². The number of nitrogens with zero attached hydrogens (tertiary/aromatic N) is 2. The third-order valence-electron chi connectivity index (χ3n) is 3.64. The van der Waals surface area contributed by atoms with E-state index >= 15 is 0 Å². The zero-order chi connectivity index (χ0) is 15.5. The van der Waals surface area contributed by atoms with Crippen molar-refractivity contribution < 1.29 is 13.2 Å². The molecule has 2 heterocycles. The lowest BCUT2D eigenvalue weighted by Gasteiger charge is -2.30. The van der Waals surface area contributed by atoms with Crippen LogP contribution in [0.25, 0.3) is 0 Å². The van der Waals surface area contributed by atoms with Crippen LogP contribution in [0.5, 0.6) is 0 Å². The van der Waals surface area contributed by atoms with Gasteiger partial charge in [-0.25, -0.2) is 17.7 Å². The Hall–Kier alpha value is -1.67. The molecule has 2 rings (SSSR count). The summed E-state index contributed by atoms with van der Waals surface area (Å²) in [6.07, 6.45) is 2.57. The number of hydrogen-bond donors (Lipinski definition) is 2. The van der Waals surface area contributed by atoms with Crippen LogP contribution in [0.3, 0.4) is 0 Å². The molecule has 1 fully saturated rings. The average Bonchev–Trinajstić information content (AvgIpc) is 2.49. The predicted octanol–water partition coefficient (Wildman–Crippen LogP) is 0.664. The summed E-state index contributed by atoms with van der Waals surface area (Å²) in [5.41, 5.74) is 6.08. The molecule has 7 nitrogen and oxygen atoms in total. The Kier molecular flexibility index (Phi) is 4.79. The van der Waals surface area contributed by atoms with Gasteiger partial charge in [-0.3, -0.25) is 4.79 Å². The van der Waals surface area contributed by atoms with E-state index in [1.807, 2.05) is 0 Å². The van der Waals surface area contributed by atoms with Crippen LogP contribution < -0.4 is 11.1 Å². The lowest BCUT2D eigenvalue weighted by molar-refractivity contribution is -0.120. The van der Waals surface area contributed by atoms with Gasteiger partial charge in [0.2, 0.25) is 15.9 Å². The standard InChI is InChI=1S/C13H20N4O3S/c1-2-21(19,20)17-7-5-10(6-8-17)13(18)16-11-3-4-12(14)15-9-11/h3-4,9-10H,2,5-8H2,1H3,(H2,14,15)(H,16,18). The number of nitrogens with two attached hydrogens (primary N) is 1. The minimum absolute atomic E-state index is 0.0982. The first-order chi connectivity index (χ1) is 9.92. The monoisotopic (exact) mass is 312 g/mol. The normalized spacial score (nSPS) is 17.6. The number of amides is 1. The van der Waals surface area contributed by atoms with Crippen LogP contribution in [-0.4, -0.2) is 42.5 Å². The number of hydrogen-bond acceptors (Lipinski definition) is 5. The van der Waals surface area contributed by atoms with Crippen molar-refractivity contribution in [1.29, 1.82) is 0 Å². The number of pyridine rings is 1. The van der Waals surface area contributed by atoms with Crippen molar-refractivity contribution in [3.8, 4) is 0 Å². The summed E-state index contributed by atoms with van der Waals surface area (Å²) in [5.74, 6) is 0.216. The molecule has 1 saturated heterocycles. The average molecular weight is 312 g/mol. The second kappa shape index (κ2) is 6.40. The molecule has 8 heteroatoms. The molecule has 0 aromatic carbocycles. The fourth-order valence-electron chi connectivity index (χ4n) is 2.30. The van der Waals surface area contributed by atoms with E-state index in [0.717, 1.165) is 0 Å². The SMILES string of the molecule is CCS(=O)(=O)N1CCC(C(=O)Nc2ccc(N)nc2)CC1. The maximum absolute atomic E-state index is 12.1. The number of piperidine rings is 1. The molecule has 3 N–H and O–H groups in total. The van der Waals surface area contributed by atoms with Crippen molar-refractivity contribution in [1.82, 2.24) is 9.29 Å². The summed E-state index contributed by atoms with van der Waals surface area (Å²) in [7, 11) is -3.16. The first kappa shape index (κ1) is 15.7. The largest absolute Gasteiger partial charge is 0.384 e. The molecule has 116 valence electrons. The summed E-state index contributed by atoms with van der Waals surface area (Å²) in [6.45, 7) is 2.42. The molecule has 0 radical (unpaired) electrons. The van der Waals surface area contributed by atoms with Gasteiger partial charge >= 0.3 is 0 Å². The molecular weight excluding hydrogens is 292 g/mol. The molecule has 0 atom stereocenters. The van der Waals surface area contributed by atoms with Gasteiger partial charge in [0.1, 0.15) is 5.82 Å². The van der Waals surface area contributed by atoms with Crippen LogP contribution in [0.2, 0.25) is 0 Å². The highest BCUT2D eigenvalue weighted by Gasteiger charge is 2.30. The number of carbonyl (C=O) groups excluding carboxylic acids is 1. The number of nitrogens with one attached hydrogen (secondary N) is 1. The molecule has 0 bridgehead atoms. The number of aromatic nitrogens is 1. The lowest BCUT2D eigenvalue weighted by Crippen LogP contribution is -2.42. The first-order valence-corrected chi connectivity index (χ1v) is 8.53. The summed E-state index contributed by atoms with van der Waals surface area (Å²) in [4.78, 5) is 16.0. The molecule has 0 saturated carbocycles. The van der Waals surface area contributed by atoms with Gasteiger partial charge in [-0.05, 0) is 31.9 Å². The van der Waals surface area contributed by atoms with Crippen molar-refractivity contribution in [2.24, 2.45) is 5.92 Å². The van der Waals surface area contributed by atoms with Crippen molar-refractivity contribution in [3.05, 3.63) is 18.3 Å². The van der Waals surface area contributed by atoms with Gasteiger partial charge in [-0.1, -0.05) is 0 Å². The molecule has 21 heavy (non-hydrogen) atoms. The Morgan fingerprint density at radius 3 is 2.62 bits per heavy atom. The highest BCUT2D eigenvalue weighted by molar-refractivity contribution is 7.89. The summed E-state index contributed by atoms with van der Waals surface area (Å²) < 4.78 is 25.0. The van der Waals surface area contributed by atoms with Crippen LogP contribution in [0.1, 0.15) is 19.8 Å². The van der Waals surface area contributed by atoms with E-state index in [4.69, 9.17) is 5.73 Å². The highest BCUT2D eigenvalue weighted by Crippen LogP contribution is 2.21. The van der Waals surface area contributed by atoms with E-state index in [1.165, 1.54) is 10.5 Å². The fraction of sp³-hybridized carbons (Fsp3) is 0.538. The van der Waals surface area contributed by atoms with Crippen LogP contribution >= 0.6 is 0 Å². The van der Waals surface area contributed by atoms with E-state index in [2.05, 4.69) is 10.3 Å². The summed E-state index contributed by atoms with van der Waals surface area (Å²) in [6, 6.07) is 3.31. The van der Waals surface area contributed by atoms with Crippen LogP contribution in [-0.2, 0) is 14.8 Å². The molecule has 1 aliphatic heterocycles. The molecular formula is C13H20N4O3S. The number of sulfonamides is 1. The predicted molar refractivity (Wildman–Crippen MR) is 81.0 cm³/mol. The molecule has 1 amide bonds. The maximum Gasteiger partial charge on any atom is 0.227 e. The zero-order valence-electron chi connectivity index (χ0n) is 11.9. The Labute approximate surface area is 124 Å². The van der Waals surface area contributed by atoms with E-state index < -0.39 is 10.0 Å². The van der Waals surface area contributed by atoms with Crippen LogP contribution in [0.15, 0.2) is 18.3 Å². The second-order valence-electron chi connectivity index (χ2n) is 5.03. The smallest absolute Gasteiger partial charge is 0.227 e. The van der Waals surface area contributed by atoms with Gasteiger partial charge in [0.05, 0.1) is 17.6 Å². The third kappa shape index (κ3) is 3.92. The minimum atomic E-state index is -3.16. The van der Waals surface area contributed by atoms with Gasteiger partial charge in [0, 0.05) is 19.0 Å². The van der Waals surface area contributed by atoms with Crippen molar-refractivity contribution in [3.63, 3.8) is 0 Å². The number of nitrogen functional groups attached to an aromatic ring is 1. The van der Waals surface area contributed by atoms with Crippen molar-refractivity contribution in [2.45, 2.75) is 19.8 Å². The topological polar surface area (TPSA) is 105 Å². The maximum atomic E-state index is 12.1. The molecule has 0 aliphatic carbocycles.